The Bertz CT molecular complexity index is 916. The number of nitro benzene ring substituents is 1. The zero-order chi connectivity index (χ0) is 21.8. The number of methoxy groups -OCH3 is 1. The number of ether oxygens (including phenoxy) is 1. The van der Waals surface area contributed by atoms with E-state index in [4.69, 9.17) is 4.74 Å². The van der Waals surface area contributed by atoms with Gasteiger partial charge in [-0.15, -0.1) is 0 Å². The lowest BCUT2D eigenvalue weighted by molar-refractivity contribution is -0.384. The number of carbonyl (C=O) groups excluding carboxylic acids is 1. The smallest absolute Gasteiger partial charge is 0.326 e. The van der Waals surface area contributed by atoms with Crippen LogP contribution in [0.5, 0.6) is 5.75 Å². The van der Waals surface area contributed by atoms with Crippen molar-refractivity contribution in [2.24, 2.45) is 0 Å². The first-order valence-corrected chi connectivity index (χ1v) is 8.98. The van der Waals surface area contributed by atoms with Crippen molar-refractivity contribution >= 4 is 17.6 Å². The molecule has 0 bridgehead atoms. The van der Waals surface area contributed by atoms with Crippen LogP contribution >= 0.6 is 0 Å². The fourth-order valence-electron chi connectivity index (χ4n) is 2.82. The molecule has 0 spiro atoms. The molecule has 2 N–H and O–H groups in total. The van der Waals surface area contributed by atoms with Crippen LogP contribution in [-0.4, -0.2) is 35.1 Å². The Morgan fingerprint density at radius 2 is 1.79 bits per heavy atom. The average molecular weight is 400 g/mol. The third-order valence-electron chi connectivity index (χ3n) is 4.52. The molecule has 2 rings (SSSR count). The zero-order valence-corrected chi connectivity index (χ0v) is 16.8. The fraction of sp³-hybridized carbons (Fsp3) is 0.333. The van der Waals surface area contributed by atoms with Crippen molar-refractivity contribution in [1.29, 1.82) is 0 Å². The number of nitrogens with one attached hydrogen (secondary N) is 1. The molecule has 8 heteroatoms. The highest BCUT2D eigenvalue weighted by molar-refractivity contribution is 5.96. The monoisotopic (exact) mass is 400 g/mol. The van der Waals surface area contributed by atoms with Gasteiger partial charge in [-0.25, -0.2) is 4.79 Å². The highest BCUT2D eigenvalue weighted by Gasteiger charge is 2.24. The van der Waals surface area contributed by atoms with E-state index in [9.17, 15) is 24.8 Å². The number of carboxylic acid groups (broad SMARTS) is 1. The van der Waals surface area contributed by atoms with Crippen LogP contribution in [0.1, 0.15) is 42.3 Å². The van der Waals surface area contributed by atoms with Crippen LogP contribution in [0, 0.1) is 10.1 Å². The van der Waals surface area contributed by atoms with E-state index in [2.05, 4.69) is 26.1 Å². The van der Waals surface area contributed by atoms with Crippen LogP contribution in [0.15, 0.2) is 42.5 Å². The van der Waals surface area contributed by atoms with Crippen LogP contribution < -0.4 is 10.1 Å². The summed E-state index contributed by atoms with van der Waals surface area (Å²) in [7, 11) is 1.38. The Labute approximate surface area is 168 Å². The van der Waals surface area contributed by atoms with Crippen molar-refractivity contribution in [3.8, 4) is 5.75 Å². The molecule has 2 aromatic rings. The molecule has 0 saturated heterocycles. The van der Waals surface area contributed by atoms with E-state index >= 15 is 0 Å². The van der Waals surface area contributed by atoms with E-state index in [0.717, 1.165) is 5.56 Å². The number of hydrogen-bond acceptors (Lipinski definition) is 5. The first kappa shape index (κ1) is 21.9. The first-order chi connectivity index (χ1) is 13.5. The van der Waals surface area contributed by atoms with E-state index in [0.29, 0.717) is 16.9 Å². The molecular formula is C21H24N2O6. The van der Waals surface area contributed by atoms with E-state index in [-0.39, 0.29) is 17.5 Å². The third kappa shape index (κ3) is 5.54. The second-order valence-corrected chi connectivity index (χ2v) is 7.65. The van der Waals surface area contributed by atoms with E-state index < -0.39 is 22.8 Å². The molecular weight excluding hydrogens is 376 g/mol. The van der Waals surface area contributed by atoms with Gasteiger partial charge in [0.2, 0.25) is 0 Å². The van der Waals surface area contributed by atoms with Gasteiger partial charge < -0.3 is 15.2 Å². The van der Waals surface area contributed by atoms with Gasteiger partial charge in [0.15, 0.2) is 0 Å². The maximum absolute atomic E-state index is 12.5. The quantitative estimate of drug-likeness (QED) is 0.544. The summed E-state index contributed by atoms with van der Waals surface area (Å²) in [5.41, 5.74) is 1.43. The summed E-state index contributed by atoms with van der Waals surface area (Å²) >= 11 is 0. The lowest BCUT2D eigenvalue weighted by Crippen LogP contribution is -2.42. The second-order valence-electron chi connectivity index (χ2n) is 7.65. The summed E-state index contributed by atoms with van der Waals surface area (Å²) in [5.74, 6) is -1.48. The Morgan fingerprint density at radius 1 is 1.17 bits per heavy atom. The maximum atomic E-state index is 12.5. The highest BCUT2D eigenvalue weighted by atomic mass is 16.6. The number of non-ortho nitro benzene ring substituents is 1. The molecule has 0 unspecified atom stereocenters. The predicted octanol–water partition coefficient (Wildman–Crippen LogP) is 3.33. The van der Waals surface area contributed by atoms with Gasteiger partial charge in [0.1, 0.15) is 11.8 Å². The van der Waals surface area contributed by atoms with Crippen LogP contribution in [0.2, 0.25) is 0 Å². The number of aliphatic carboxylic acids is 1. The number of carbonyl (C=O) groups is 2. The number of rotatable bonds is 7. The fourth-order valence-corrected chi connectivity index (χ4v) is 2.82. The van der Waals surface area contributed by atoms with E-state index in [1.807, 2.05) is 12.1 Å². The molecule has 0 heterocycles. The minimum atomic E-state index is -1.28. The topological polar surface area (TPSA) is 119 Å². The molecule has 0 aliphatic heterocycles. The molecule has 0 aliphatic carbocycles. The van der Waals surface area contributed by atoms with Crippen molar-refractivity contribution in [3.05, 3.63) is 69.3 Å². The molecule has 2 aromatic carbocycles. The standard InChI is InChI=1S/C21H24N2O6/c1-21(2,3)15-7-5-13(6-8-15)19(24)22-17(20(25)26)12-14-11-16(23(27)28)9-10-18(14)29-4/h5-11,17H,12H2,1-4H3,(H,22,24)(H,25,26)/t17-/m1/s1. The number of carboxylic acids is 1. The summed E-state index contributed by atoms with van der Waals surface area (Å²) in [4.78, 5) is 34.6. The Hall–Kier alpha value is -3.42. The Morgan fingerprint density at radius 3 is 2.28 bits per heavy atom. The Balaban J connectivity index is 2.23. The zero-order valence-electron chi connectivity index (χ0n) is 16.8. The average Bonchev–Trinajstić information content (AvgIpc) is 2.66. The van der Waals surface area contributed by atoms with Crippen molar-refractivity contribution in [2.45, 2.75) is 38.6 Å². The number of hydrogen-bond donors (Lipinski definition) is 2. The SMILES string of the molecule is COc1ccc([N+](=O)[O-])cc1C[C@@H](NC(=O)c1ccc(C(C)(C)C)cc1)C(=O)O. The minimum Gasteiger partial charge on any atom is -0.496 e. The lowest BCUT2D eigenvalue weighted by Gasteiger charge is -2.19. The lowest BCUT2D eigenvalue weighted by atomic mass is 9.86. The molecule has 0 aliphatic rings. The summed E-state index contributed by atoms with van der Waals surface area (Å²) in [5, 5.41) is 23.0. The summed E-state index contributed by atoms with van der Waals surface area (Å²) in [6, 6.07) is 9.58. The predicted molar refractivity (Wildman–Crippen MR) is 107 cm³/mol. The second kappa shape index (κ2) is 8.72. The number of amides is 1. The number of nitro groups is 1. The normalized spacial score (nSPS) is 12.1. The molecule has 0 aromatic heterocycles. The van der Waals surface area contributed by atoms with Gasteiger partial charge >= 0.3 is 5.97 Å². The molecule has 0 saturated carbocycles. The summed E-state index contributed by atoms with van der Waals surface area (Å²) < 4.78 is 5.17. The molecule has 154 valence electrons. The molecule has 29 heavy (non-hydrogen) atoms. The molecule has 1 atom stereocenters. The molecule has 0 fully saturated rings. The van der Waals surface area contributed by atoms with Gasteiger partial charge in [0.25, 0.3) is 11.6 Å². The van der Waals surface area contributed by atoms with Gasteiger partial charge in [-0.3, -0.25) is 14.9 Å². The first-order valence-electron chi connectivity index (χ1n) is 8.98. The molecule has 1 amide bonds. The van der Waals surface area contributed by atoms with Crippen molar-refractivity contribution < 1.29 is 24.4 Å². The van der Waals surface area contributed by atoms with Crippen LogP contribution in [0.4, 0.5) is 5.69 Å². The van der Waals surface area contributed by atoms with Crippen molar-refractivity contribution in [3.63, 3.8) is 0 Å². The van der Waals surface area contributed by atoms with Crippen LogP contribution in [0.25, 0.3) is 0 Å². The van der Waals surface area contributed by atoms with Crippen molar-refractivity contribution in [1.82, 2.24) is 5.32 Å². The summed E-state index contributed by atoms with van der Waals surface area (Å²) in [6.45, 7) is 6.15. The molecule has 8 nitrogen and oxygen atoms in total. The van der Waals surface area contributed by atoms with E-state index in [1.54, 1.807) is 12.1 Å². The summed E-state index contributed by atoms with van der Waals surface area (Å²) in [6.07, 6.45) is -0.161. The van der Waals surface area contributed by atoms with Gasteiger partial charge in [-0.05, 0) is 29.2 Å². The maximum Gasteiger partial charge on any atom is 0.326 e. The van der Waals surface area contributed by atoms with Gasteiger partial charge in [0, 0.05) is 29.7 Å². The highest BCUT2D eigenvalue weighted by Crippen LogP contribution is 2.26. The third-order valence-corrected chi connectivity index (χ3v) is 4.52. The van der Waals surface area contributed by atoms with Gasteiger partial charge in [0.05, 0.1) is 12.0 Å². The van der Waals surface area contributed by atoms with E-state index in [1.165, 1.54) is 25.3 Å². The van der Waals surface area contributed by atoms with Gasteiger partial charge in [-0.2, -0.15) is 0 Å². The minimum absolute atomic E-state index is 0.0722. The van der Waals surface area contributed by atoms with Gasteiger partial charge in [-0.1, -0.05) is 32.9 Å². The molecule has 0 radical (unpaired) electrons. The Kier molecular flexibility index (Phi) is 6.58. The van der Waals surface area contributed by atoms with Crippen LogP contribution in [-0.2, 0) is 16.6 Å². The largest absolute Gasteiger partial charge is 0.496 e. The number of benzene rings is 2. The number of nitrogens with zero attached hydrogens (tertiary/aromatic N) is 1. The van der Waals surface area contributed by atoms with Crippen LogP contribution in [0.3, 0.4) is 0 Å². The van der Waals surface area contributed by atoms with Crippen molar-refractivity contribution in [2.75, 3.05) is 7.11 Å².